The van der Waals surface area contributed by atoms with E-state index in [1.807, 2.05) is 0 Å². The standard InChI is InChI=1S/C14H28N2O2/c1-3-6-13(7-4-2)16-9-5-8-15(10-11-16)12-14(17)18/h13H,3-12H2,1-2H3,(H,17,18). The molecule has 0 bridgehead atoms. The minimum Gasteiger partial charge on any atom is -0.480 e. The molecular formula is C14H28N2O2. The molecule has 4 heteroatoms. The van der Waals surface area contributed by atoms with Crippen LogP contribution in [0.4, 0.5) is 0 Å². The van der Waals surface area contributed by atoms with Gasteiger partial charge >= 0.3 is 5.97 Å². The Kier molecular flexibility index (Phi) is 7.28. The Bertz CT molecular complexity index is 240. The maximum absolute atomic E-state index is 10.7. The van der Waals surface area contributed by atoms with Crippen LogP contribution in [0.3, 0.4) is 0 Å². The van der Waals surface area contributed by atoms with Crippen molar-refractivity contribution in [3.05, 3.63) is 0 Å². The van der Waals surface area contributed by atoms with Crippen molar-refractivity contribution in [3.63, 3.8) is 0 Å². The maximum atomic E-state index is 10.7. The Hall–Kier alpha value is -0.610. The van der Waals surface area contributed by atoms with Crippen LogP contribution in [0.15, 0.2) is 0 Å². The van der Waals surface area contributed by atoms with Crippen molar-refractivity contribution >= 4 is 5.97 Å². The average Bonchev–Trinajstić information content (AvgIpc) is 2.54. The number of carboxylic acid groups (broad SMARTS) is 1. The average molecular weight is 256 g/mol. The van der Waals surface area contributed by atoms with Crippen LogP contribution in [0, 0.1) is 0 Å². The third kappa shape index (κ3) is 5.36. The highest BCUT2D eigenvalue weighted by Crippen LogP contribution is 2.15. The van der Waals surface area contributed by atoms with Crippen LogP contribution in [0.5, 0.6) is 0 Å². The number of carbonyl (C=O) groups is 1. The lowest BCUT2D eigenvalue weighted by molar-refractivity contribution is -0.138. The zero-order valence-corrected chi connectivity index (χ0v) is 11.9. The van der Waals surface area contributed by atoms with Crippen molar-refractivity contribution in [1.29, 1.82) is 0 Å². The first-order valence-corrected chi connectivity index (χ1v) is 7.35. The van der Waals surface area contributed by atoms with E-state index in [1.165, 1.54) is 25.7 Å². The molecule has 0 radical (unpaired) electrons. The van der Waals surface area contributed by atoms with Crippen molar-refractivity contribution in [1.82, 2.24) is 9.80 Å². The van der Waals surface area contributed by atoms with Crippen molar-refractivity contribution in [2.75, 3.05) is 32.7 Å². The monoisotopic (exact) mass is 256 g/mol. The molecule has 1 aliphatic heterocycles. The predicted octanol–water partition coefficient (Wildman–Crippen LogP) is 2.05. The van der Waals surface area contributed by atoms with Crippen molar-refractivity contribution in [2.45, 2.75) is 52.0 Å². The highest BCUT2D eigenvalue weighted by atomic mass is 16.4. The minimum absolute atomic E-state index is 0.195. The summed E-state index contributed by atoms with van der Waals surface area (Å²) < 4.78 is 0. The number of carboxylic acids is 1. The van der Waals surface area contributed by atoms with Crippen LogP contribution >= 0.6 is 0 Å². The second kappa shape index (κ2) is 8.48. The first-order chi connectivity index (χ1) is 8.67. The van der Waals surface area contributed by atoms with Gasteiger partial charge < -0.3 is 5.11 Å². The molecule has 0 aromatic rings. The van der Waals surface area contributed by atoms with Gasteiger partial charge in [-0.15, -0.1) is 0 Å². The zero-order valence-electron chi connectivity index (χ0n) is 11.9. The number of hydrogen-bond donors (Lipinski definition) is 1. The van der Waals surface area contributed by atoms with Gasteiger partial charge in [0.1, 0.15) is 0 Å². The summed E-state index contributed by atoms with van der Waals surface area (Å²) in [6.45, 7) is 8.66. The third-order valence-corrected chi connectivity index (χ3v) is 3.74. The number of rotatable bonds is 7. The minimum atomic E-state index is -0.706. The molecule has 106 valence electrons. The third-order valence-electron chi connectivity index (χ3n) is 3.74. The van der Waals surface area contributed by atoms with E-state index in [0.29, 0.717) is 6.04 Å². The Morgan fingerprint density at radius 1 is 1.11 bits per heavy atom. The molecule has 1 fully saturated rings. The number of nitrogens with zero attached hydrogens (tertiary/aromatic N) is 2. The van der Waals surface area contributed by atoms with Gasteiger partial charge in [-0.05, 0) is 25.8 Å². The molecule has 1 heterocycles. The molecule has 0 spiro atoms. The van der Waals surface area contributed by atoms with E-state index in [1.54, 1.807) is 0 Å². The molecule has 0 aromatic carbocycles. The molecule has 0 saturated carbocycles. The van der Waals surface area contributed by atoms with Crippen molar-refractivity contribution in [2.24, 2.45) is 0 Å². The lowest BCUT2D eigenvalue weighted by Crippen LogP contribution is -2.39. The molecule has 0 unspecified atom stereocenters. The molecular weight excluding hydrogens is 228 g/mol. The summed E-state index contributed by atoms with van der Waals surface area (Å²) in [5.74, 6) is -0.706. The van der Waals surface area contributed by atoms with Gasteiger partial charge in [-0.1, -0.05) is 26.7 Å². The molecule has 4 nitrogen and oxygen atoms in total. The lowest BCUT2D eigenvalue weighted by atomic mass is 10.0. The Morgan fingerprint density at radius 2 is 1.78 bits per heavy atom. The smallest absolute Gasteiger partial charge is 0.317 e. The molecule has 1 saturated heterocycles. The van der Waals surface area contributed by atoms with E-state index >= 15 is 0 Å². The maximum Gasteiger partial charge on any atom is 0.317 e. The van der Waals surface area contributed by atoms with E-state index in [0.717, 1.165) is 32.6 Å². The second-order valence-electron chi connectivity index (χ2n) is 5.29. The summed E-state index contributed by atoms with van der Waals surface area (Å²) in [6, 6.07) is 0.699. The van der Waals surface area contributed by atoms with Crippen molar-refractivity contribution in [3.8, 4) is 0 Å². The molecule has 0 aliphatic carbocycles. The van der Waals surface area contributed by atoms with Crippen LogP contribution in [0.25, 0.3) is 0 Å². The first kappa shape index (κ1) is 15.4. The topological polar surface area (TPSA) is 43.8 Å². The van der Waals surface area contributed by atoms with Gasteiger partial charge in [0.25, 0.3) is 0 Å². The summed E-state index contributed by atoms with van der Waals surface area (Å²) >= 11 is 0. The number of aliphatic carboxylic acids is 1. The van der Waals surface area contributed by atoms with Gasteiger partial charge in [-0.3, -0.25) is 14.6 Å². The van der Waals surface area contributed by atoms with Crippen LogP contribution < -0.4 is 0 Å². The first-order valence-electron chi connectivity index (χ1n) is 7.35. The summed E-state index contributed by atoms with van der Waals surface area (Å²) in [6.07, 6.45) is 6.11. The fourth-order valence-corrected chi connectivity index (χ4v) is 2.88. The number of hydrogen-bond acceptors (Lipinski definition) is 3. The highest BCUT2D eigenvalue weighted by Gasteiger charge is 2.21. The molecule has 0 aromatic heterocycles. The van der Waals surface area contributed by atoms with Gasteiger partial charge in [0.2, 0.25) is 0 Å². The van der Waals surface area contributed by atoms with E-state index in [9.17, 15) is 4.79 Å². The Balaban J connectivity index is 2.45. The molecule has 1 rings (SSSR count). The van der Waals surface area contributed by atoms with Gasteiger partial charge in [0.05, 0.1) is 6.54 Å². The predicted molar refractivity (Wildman–Crippen MR) is 73.9 cm³/mol. The highest BCUT2D eigenvalue weighted by molar-refractivity contribution is 5.69. The molecule has 0 atom stereocenters. The van der Waals surface area contributed by atoms with E-state index < -0.39 is 5.97 Å². The Labute approximate surface area is 111 Å². The molecule has 1 aliphatic rings. The molecule has 0 amide bonds. The summed E-state index contributed by atoms with van der Waals surface area (Å²) in [4.78, 5) is 15.4. The summed E-state index contributed by atoms with van der Waals surface area (Å²) in [5.41, 5.74) is 0. The molecule has 1 N–H and O–H groups in total. The SMILES string of the molecule is CCCC(CCC)N1CCCN(CC(=O)O)CC1. The Morgan fingerprint density at radius 3 is 2.33 bits per heavy atom. The lowest BCUT2D eigenvalue weighted by Gasteiger charge is -2.30. The largest absolute Gasteiger partial charge is 0.480 e. The van der Waals surface area contributed by atoms with Crippen LogP contribution in [0.1, 0.15) is 46.0 Å². The summed E-state index contributed by atoms with van der Waals surface area (Å²) in [5, 5.41) is 8.85. The van der Waals surface area contributed by atoms with E-state index in [-0.39, 0.29) is 6.54 Å². The summed E-state index contributed by atoms with van der Waals surface area (Å²) in [7, 11) is 0. The van der Waals surface area contributed by atoms with Crippen LogP contribution in [-0.4, -0.2) is 59.6 Å². The molecule has 18 heavy (non-hydrogen) atoms. The van der Waals surface area contributed by atoms with Gasteiger partial charge in [0.15, 0.2) is 0 Å². The van der Waals surface area contributed by atoms with Gasteiger partial charge in [0, 0.05) is 25.7 Å². The normalized spacial score (nSPS) is 19.1. The van der Waals surface area contributed by atoms with E-state index in [2.05, 4.69) is 23.6 Å². The fraction of sp³-hybridized carbons (Fsp3) is 0.929. The van der Waals surface area contributed by atoms with Crippen LogP contribution in [-0.2, 0) is 4.79 Å². The van der Waals surface area contributed by atoms with E-state index in [4.69, 9.17) is 5.11 Å². The second-order valence-corrected chi connectivity index (χ2v) is 5.29. The quantitative estimate of drug-likeness (QED) is 0.757. The van der Waals surface area contributed by atoms with Gasteiger partial charge in [-0.25, -0.2) is 0 Å². The fourth-order valence-electron chi connectivity index (χ4n) is 2.88. The zero-order chi connectivity index (χ0) is 13.4. The van der Waals surface area contributed by atoms with Crippen molar-refractivity contribution < 1.29 is 9.90 Å². The van der Waals surface area contributed by atoms with Gasteiger partial charge in [-0.2, -0.15) is 0 Å². The van der Waals surface area contributed by atoms with Crippen LogP contribution in [0.2, 0.25) is 0 Å².